The summed E-state index contributed by atoms with van der Waals surface area (Å²) in [6, 6.07) is 6.33. The zero-order valence-electron chi connectivity index (χ0n) is 11.1. The Morgan fingerprint density at radius 2 is 2.00 bits per heavy atom. The molecule has 0 aliphatic carbocycles. The number of rotatable bonds is 2. The van der Waals surface area contributed by atoms with Gasteiger partial charge < -0.3 is 4.90 Å². The largest absolute Gasteiger partial charge is 0.342 e. The molecule has 0 spiro atoms. The van der Waals surface area contributed by atoms with Crippen LogP contribution < -0.4 is 0 Å². The summed E-state index contributed by atoms with van der Waals surface area (Å²) in [6.45, 7) is 5.93. The van der Waals surface area contributed by atoms with E-state index in [1.807, 2.05) is 4.90 Å². The summed E-state index contributed by atoms with van der Waals surface area (Å²) in [6.07, 6.45) is 2.68. The van der Waals surface area contributed by atoms with Gasteiger partial charge in [-0.2, -0.15) is 0 Å². The molecule has 0 atom stereocenters. The number of aryl methyl sites for hydroxylation is 2. The highest BCUT2D eigenvalue weighted by Crippen LogP contribution is 2.19. The van der Waals surface area contributed by atoms with Crippen LogP contribution in [-0.4, -0.2) is 28.7 Å². The lowest BCUT2D eigenvalue weighted by Crippen LogP contribution is -2.39. The molecule has 0 saturated carbocycles. The minimum absolute atomic E-state index is 0.267. The van der Waals surface area contributed by atoms with E-state index in [9.17, 15) is 4.79 Å². The van der Waals surface area contributed by atoms with Crippen LogP contribution in [0.1, 0.15) is 29.5 Å². The number of amides is 1. The first kappa shape index (κ1) is 13.6. The predicted octanol–water partition coefficient (Wildman–Crippen LogP) is 3.23. The van der Waals surface area contributed by atoms with E-state index in [2.05, 4.69) is 48.0 Å². The maximum absolute atomic E-state index is 12.2. The van der Waals surface area contributed by atoms with Crippen LogP contribution in [0.5, 0.6) is 0 Å². The molecule has 1 aliphatic rings. The highest BCUT2D eigenvalue weighted by molar-refractivity contribution is 9.09. The normalized spacial score (nSPS) is 16.9. The number of carbonyl (C=O) groups excluding carboxylic acids is 1. The number of hydrogen-bond acceptors (Lipinski definition) is 1. The second kappa shape index (κ2) is 5.87. The molecule has 0 radical (unpaired) electrons. The van der Waals surface area contributed by atoms with E-state index in [1.165, 1.54) is 16.7 Å². The maximum Gasteiger partial charge on any atom is 0.227 e. The molecule has 2 nitrogen and oxygen atoms in total. The highest BCUT2D eigenvalue weighted by Gasteiger charge is 2.21. The van der Waals surface area contributed by atoms with Crippen molar-refractivity contribution >= 4 is 21.8 Å². The van der Waals surface area contributed by atoms with Gasteiger partial charge in [0.15, 0.2) is 0 Å². The molecule has 98 valence electrons. The van der Waals surface area contributed by atoms with E-state index in [0.29, 0.717) is 11.2 Å². The standard InChI is InChI=1S/C15H20BrNO/c1-11-3-4-12(2)13(9-11)10-15(18)17-7-5-14(16)6-8-17/h3-4,9,14H,5-8,10H2,1-2H3. The van der Waals surface area contributed by atoms with Gasteiger partial charge in [0.1, 0.15) is 0 Å². The van der Waals surface area contributed by atoms with Crippen LogP contribution in [0.2, 0.25) is 0 Å². The lowest BCUT2D eigenvalue weighted by Gasteiger charge is -2.29. The van der Waals surface area contributed by atoms with Crippen molar-refractivity contribution < 1.29 is 4.79 Å². The molecule has 0 bridgehead atoms. The maximum atomic E-state index is 12.2. The number of benzene rings is 1. The third kappa shape index (κ3) is 3.35. The van der Waals surface area contributed by atoms with Gasteiger partial charge in [-0.15, -0.1) is 0 Å². The number of carbonyl (C=O) groups is 1. The van der Waals surface area contributed by atoms with Crippen molar-refractivity contribution in [2.24, 2.45) is 0 Å². The van der Waals surface area contributed by atoms with E-state index in [4.69, 9.17) is 0 Å². The molecule has 1 fully saturated rings. The van der Waals surface area contributed by atoms with Gasteiger partial charge in [-0.05, 0) is 37.8 Å². The van der Waals surface area contributed by atoms with Crippen LogP contribution >= 0.6 is 15.9 Å². The quantitative estimate of drug-likeness (QED) is 0.768. The zero-order chi connectivity index (χ0) is 13.1. The summed E-state index contributed by atoms with van der Waals surface area (Å²) in [5, 5.41) is 0. The van der Waals surface area contributed by atoms with Crippen molar-refractivity contribution in [2.75, 3.05) is 13.1 Å². The summed E-state index contributed by atoms with van der Waals surface area (Å²) in [5.41, 5.74) is 3.60. The van der Waals surface area contributed by atoms with Crippen molar-refractivity contribution in [3.63, 3.8) is 0 Å². The number of alkyl halides is 1. The molecular formula is C15H20BrNO. The third-order valence-corrected chi connectivity index (χ3v) is 4.54. The zero-order valence-corrected chi connectivity index (χ0v) is 12.7. The Kier molecular flexibility index (Phi) is 4.44. The summed E-state index contributed by atoms with van der Waals surface area (Å²) in [4.78, 5) is 14.8. The Balaban J connectivity index is 2.00. The number of hydrogen-bond donors (Lipinski definition) is 0. The van der Waals surface area contributed by atoms with Gasteiger partial charge in [0.25, 0.3) is 0 Å². The van der Waals surface area contributed by atoms with Crippen LogP contribution in [0.25, 0.3) is 0 Å². The first-order valence-corrected chi connectivity index (χ1v) is 7.46. The number of piperidine rings is 1. The fourth-order valence-electron chi connectivity index (χ4n) is 2.36. The molecule has 18 heavy (non-hydrogen) atoms. The Labute approximate surface area is 117 Å². The molecule has 3 heteroatoms. The molecule has 0 N–H and O–H groups in total. The Morgan fingerprint density at radius 1 is 1.33 bits per heavy atom. The predicted molar refractivity (Wildman–Crippen MR) is 78.1 cm³/mol. The second-order valence-electron chi connectivity index (χ2n) is 5.16. The fourth-order valence-corrected chi connectivity index (χ4v) is 2.77. The fraction of sp³-hybridized carbons (Fsp3) is 0.533. The van der Waals surface area contributed by atoms with E-state index in [1.54, 1.807) is 0 Å². The molecule has 1 amide bonds. The average molecular weight is 310 g/mol. The summed E-state index contributed by atoms with van der Waals surface area (Å²) >= 11 is 3.61. The van der Waals surface area contributed by atoms with Gasteiger partial charge in [-0.1, -0.05) is 39.7 Å². The van der Waals surface area contributed by atoms with Crippen LogP contribution in [0.15, 0.2) is 18.2 Å². The lowest BCUT2D eigenvalue weighted by molar-refractivity contribution is -0.131. The van der Waals surface area contributed by atoms with Gasteiger partial charge in [0, 0.05) is 17.9 Å². The Morgan fingerprint density at radius 3 is 2.67 bits per heavy atom. The minimum Gasteiger partial charge on any atom is -0.342 e. The summed E-state index contributed by atoms with van der Waals surface area (Å²) in [7, 11) is 0. The second-order valence-corrected chi connectivity index (χ2v) is 6.46. The van der Waals surface area contributed by atoms with Crippen molar-refractivity contribution in [1.29, 1.82) is 0 Å². The van der Waals surface area contributed by atoms with Crippen molar-refractivity contribution in [3.05, 3.63) is 34.9 Å². The van der Waals surface area contributed by atoms with Gasteiger partial charge in [0.2, 0.25) is 5.91 Å². The van der Waals surface area contributed by atoms with E-state index in [-0.39, 0.29) is 5.91 Å². The highest BCUT2D eigenvalue weighted by atomic mass is 79.9. The van der Waals surface area contributed by atoms with E-state index < -0.39 is 0 Å². The molecule has 1 heterocycles. The van der Waals surface area contributed by atoms with Crippen LogP contribution in [-0.2, 0) is 11.2 Å². The first-order chi connectivity index (χ1) is 8.56. The molecule has 1 aliphatic heterocycles. The summed E-state index contributed by atoms with van der Waals surface area (Å²) in [5.74, 6) is 0.267. The molecular weight excluding hydrogens is 290 g/mol. The van der Waals surface area contributed by atoms with Crippen LogP contribution in [0, 0.1) is 13.8 Å². The molecule has 0 aromatic heterocycles. The monoisotopic (exact) mass is 309 g/mol. The minimum atomic E-state index is 0.267. The van der Waals surface area contributed by atoms with Gasteiger partial charge in [-0.3, -0.25) is 4.79 Å². The molecule has 1 saturated heterocycles. The SMILES string of the molecule is Cc1ccc(C)c(CC(=O)N2CCC(Br)CC2)c1. The van der Waals surface area contributed by atoms with Crippen molar-refractivity contribution in [3.8, 4) is 0 Å². The Bertz CT molecular complexity index is 436. The van der Waals surface area contributed by atoms with Crippen molar-refractivity contribution in [2.45, 2.75) is 37.9 Å². The third-order valence-electron chi connectivity index (χ3n) is 3.62. The number of nitrogens with zero attached hydrogens (tertiary/aromatic N) is 1. The van der Waals surface area contributed by atoms with E-state index >= 15 is 0 Å². The van der Waals surface area contributed by atoms with Gasteiger partial charge in [0.05, 0.1) is 6.42 Å². The number of likely N-dealkylation sites (tertiary alicyclic amines) is 1. The number of halogens is 1. The summed E-state index contributed by atoms with van der Waals surface area (Å²) < 4.78 is 0. The van der Waals surface area contributed by atoms with Gasteiger partial charge in [-0.25, -0.2) is 0 Å². The topological polar surface area (TPSA) is 20.3 Å². The molecule has 1 aromatic carbocycles. The molecule has 0 unspecified atom stereocenters. The Hall–Kier alpha value is -0.830. The van der Waals surface area contributed by atoms with E-state index in [0.717, 1.165) is 25.9 Å². The molecule has 1 aromatic rings. The average Bonchev–Trinajstić information content (AvgIpc) is 2.34. The molecule has 2 rings (SSSR count). The smallest absolute Gasteiger partial charge is 0.227 e. The first-order valence-electron chi connectivity index (χ1n) is 6.54. The van der Waals surface area contributed by atoms with Crippen LogP contribution in [0.4, 0.5) is 0 Å². The van der Waals surface area contributed by atoms with Gasteiger partial charge >= 0.3 is 0 Å². The lowest BCUT2D eigenvalue weighted by atomic mass is 10.0. The van der Waals surface area contributed by atoms with Crippen molar-refractivity contribution in [1.82, 2.24) is 4.90 Å². The van der Waals surface area contributed by atoms with Crippen LogP contribution in [0.3, 0.4) is 0 Å².